The van der Waals surface area contributed by atoms with Crippen LogP contribution in [0, 0.1) is 0 Å². The van der Waals surface area contributed by atoms with Gasteiger partial charge in [0.25, 0.3) is 5.91 Å². The lowest BCUT2D eigenvalue weighted by molar-refractivity contribution is 0.0950. The second kappa shape index (κ2) is 11.8. The molecular weight excluding hydrogens is 460 g/mol. The zero-order valence-corrected chi connectivity index (χ0v) is 20.3. The van der Waals surface area contributed by atoms with Gasteiger partial charge < -0.3 is 14.8 Å². The number of hydrogen-bond donors (Lipinski definition) is 2. The number of nitrogens with one attached hydrogen (secondary N) is 2. The number of methoxy groups -OCH3 is 1. The van der Waals surface area contributed by atoms with Crippen LogP contribution in [0.1, 0.15) is 40.6 Å². The maximum Gasteiger partial charge on any atom is 0.251 e. The Morgan fingerprint density at radius 3 is 2.48 bits per heavy atom. The van der Waals surface area contributed by atoms with Gasteiger partial charge in [-0.1, -0.05) is 25.5 Å². The van der Waals surface area contributed by atoms with Crippen molar-refractivity contribution in [3.8, 4) is 11.5 Å². The fraction of sp³-hybridized carbons (Fsp3) is 0.292. The Morgan fingerprint density at radius 2 is 1.82 bits per heavy atom. The van der Waals surface area contributed by atoms with E-state index in [0.717, 1.165) is 23.3 Å². The molecule has 0 aliphatic rings. The fourth-order valence-electron chi connectivity index (χ4n) is 3.00. The molecule has 3 rings (SSSR count). The maximum atomic E-state index is 12.5. The molecule has 0 aliphatic heterocycles. The number of unbranched alkanes of at least 4 members (excludes halogenated alkanes) is 1. The minimum Gasteiger partial charge on any atom is -0.493 e. The standard InChI is InChI=1S/C24H28N2O5S2/c1-3-4-13-31-22-12-7-18(15-23(22)30-2)16-25-24(27)19-8-10-21(11-9-19)33(28,29)26-17-20-6-5-14-32-20/h5-12,14-15,26H,3-4,13,16-17H2,1-2H3,(H,25,27). The molecule has 0 saturated carbocycles. The summed E-state index contributed by atoms with van der Waals surface area (Å²) < 4.78 is 38.6. The molecule has 3 aromatic rings. The van der Waals surface area contributed by atoms with Crippen molar-refractivity contribution in [2.75, 3.05) is 13.7 Å². The molecule has 1 amide bonds. The van der Waals surface area contributed by atoms with Crippen LogP contribution >= 0.6 is 11.3 Å². The largest absolute Gasteiger partial charge is 0.493 e. The second-order valence-electron chi connectivity index (χ2n) is 7.30. The molecule has 1 heterocycles. The van der Waals surface area contributed by atoms with E-state index in [0.29, 0.717) is 30.2 Å². The number of thiophene rings is 1. The molecule has 2 aromatic carbocycles. The summed E-state index contributed by atoms with van der Waals surface area (Å²) in [6.45, 7) is 3.25. The Balaban J connectivity index is 1.57. The van der Waals surface area contributed by atoms with Gasteiger partial charge in [-0.25, -0.2) is 13.1 Å². The lowest BCUT2D eigenvalue weighted by atomic mass is 10.1. The van der Waals surface area contributed by atoms with E-state index in [9.17, 15) is 13.2 Å². The highest BCUT2D eigenvalue weighted by Crippen LogP contribution is 2.28. The van der Waals surface area contributed by atoms with Gasteiger partial charge in [0.1, 0.15) is 0 Å². The first-order valence-corrected chi connectivity index (χ1v) is 13.0. The van der Waals surface area contributed by atoms with Gasteiger partial charge in [0, 0.05) is 23.5 Å². The first-order chi connectivity index (χ1) is 15.9. The maximum absolute atomic E-state index is 12.5. The van der Waals surface area contributed by atoms with Crippen LogP contribution in [0.3, 0.4) is 0 Å². The van der Waals surface area contributed by atoms with Gasteiger partial charge in [-0.05, 0) is 59.8 Å². The average molecular weight is 489 g/mol. The number of carbonyl (C=O) groups is 1. The van der Waals surface area contributed by atoms with Gasteiger partial charge in [-0.2, -0.15) is 0 Å². The lowest BCUT2D eigenvalue weighted by Crippen LogP contribution is -2.24. The molecular formula is C24H28N2O5S2. The molecule has 9 heteroatoms. The third kappa shape index (κ3) is 7.05. The number of sulfonamides is 1. The van der Waals surface area contributed by atoms with Crippen molar-refractivity contribution in [1.29, 1.82) is 0 Å². The Labute approximate surface area is 198 Å². The van der Waals surface area contributed by atoms with E-state index in [-0.39, 0.29) is 17.3 Å². The SMILES string of the molecule is CCCCOc1ccc(CNC(=O)c2ccc(S(=O)(=O)NCc3cccs3)cc2)cc1OC. The third-order valence-electron chi connectivity index (χ3n) is 4.88. The van der Waals surface area contributed by atoms with Crippen molar-refractivity contribution in [2.24, 2.45) is 0 Å². The van der Waals surface area contributed by atoms with Crippen molar-refractivity contribution in [1.82, 2.24) is 10.0 Å². The number of rotatable bonds is 12. The minimum absolute atomic E-state index is 0.110. The quantitative estimate of drug-likeness (QED) is 0.370. The van der Waals surface area contributed by atoms with Crippen LogP contribution in [0.2, 0.25) is 0 Å². The summed E-state index contributed by atoms with van der Waals surface area (Å²) in [5.41, 5.74) is 1.23. The lowest BCUT2D eigenvalue weighted by Gasteiger charge is -2.12. The van der Waals surface area contributed by atoms with E-state index in [1.54, 1.807) is 7.11 Å². The van der Waals surface area contributed by atoms with Gasteiger partial charge in [-0.15, -0.1) is 11.3 Å². The van der Waals surface area contributed by atoms with Gasteiger partial charge in [0.15, 0.2) is 11.5 Å². The molecule has 0 saturated heterocycles. The fourth-order valence-corrected chi connectivity index (χ4v) is 4.74. The van der Waals surface area contributed by atoms with Crippen LogP contribution < -0.4 is 19.5 Å². The molecule has 0 atom stereocenters. The molecule has 33 heavy (non-hydrogen) atoms. The first-order valence-electron chi connectivity index (χ1n) is 10.6. The predicted molar refractivity (Wildman–Crippen MR) is 129 cm³/mol. The summed E-state index contributed by atoms with van der Waals surface area (Å²) in [6, 6.07) is 15.1. The Morgan fingerprint density at radius 1 is 1.03 bits per heavy atom. The molecule has 7 nitrogen and oxygen atoms in total. The van der Waals surface area contributed by atoms with E-state index in [1.165, 1.54) is 35.6 Å². The van der Waals surface area contributed by atoms with E-state index in [2.05, 4.69) is 17.0 Å². The zero-order chi connectivity index (χ0) is 23.7. The second-order valence-corrected chi connectivity index (χ2v) is 10.1. The molecule has 0 unspecified atom stereocenters. The summed E-state index contributed by atoms with van der Waals surface area (Å²) in [5.74, 6) is 0.987. The summed E-state index contributed by atoms with van der Waals surface area (Å²) in [6.07, 6.45) is 2.01. The molecule has 0 spiro atoms. The minimum atomic E-state index is -3.66. The summed E-state index contributed by atoms with van der Waals surface area (Å²) in [7, 11) is -2.08. The van der Waals surface area contributed by atoms with E-state index >= 15 is 0 Å². The van der Waals surface area contributed by atoms with Crippen molar-refractivity contribution >= 4 is 27.3 Å². The van der Waals surface area contributed by atoms with Gasteiger partial charge in [-0.3, -0.25) is 4.79 Å². The van der Waals surface area contributed by atoms with Crippen molar-refractivity contribution < 1.29 is 22.7 Å². The average Bonchev–Trinajstić information content (AvgIpc) is 3.36. The molecule has 176 valence electrons. The highest BCUT2D eigenvalue weighted by Gasteiger charge is 2.15. The van der Waals surface area contributed by atoms with Crippen LogP contribution in [-0.2, 0) is 23.1 Å². The first kappa shape index (κ1) is 24.8. The predicted octanol–water partition coefficient (Wildman–Crippen LogP) is 4.34. The Kier molecular flexibility index (Phi) is 8.87. The Hall–Kier alpha value is -2.88. The number of carbonyl (C=O) groups excluding carboxylic acids is 1. The molecule has 1 aromatic heterocycles. The summed E-state index contributed by atoms with van der Waals surface area (Å²) in [4.78, 5) is 13.6. The van der Waals surface area contributed by atoms with Crippen molar-refractivity contribution in [2.45, 2.75) is 37.8 Å². The highest BCUT2D eigenvalue weighted by molar-refractivity contribution is 7.89. The summed E-state index contributed by atoms with van der Waals surface area (Å²) in [5, 5.41) is 4.73. The van der Waals surface area contributed by atoms with Crippen molar-refractivity contribution in [3.05, 3.63) is 76.0 Å². The van der Waals surface area contributed by atoms with Gasteiger partial charge >= 0.3 is 0 Å². The number of benzene rings is 2. The molecule has 0 radical (unpaired) electrons. The molecule has 0 bridgehead atoms. The van der Waals surface area contributed by atoms with Crippen LogP contribution in [0.4, 0.5) is 0 Å². The van der Waals surface area contributed by atoms with Crippen LogP contribution in [0.5, 0.6) is 11.5 Å². The molecule has 0 aliphatic carbocycles. The normalized spacial score (nSPS) is 11.2. The number of ether oxygens (including phenoxy) is 2. The molecule has 0 fully saturated rings. The van der Waals surface area contributed by atoms with E-state index in [1.807, 2.05) is 35.7 Å². The van der Waals surface area contributed by atoms with Gasteiger partial charge in [0.05, 0.1) is 18.6 Å². The molecule has 2 N–H and O–H groups in total. The monoisotopic (exact) mass is 488 g/mol. The van der Waals surface area contributed by atoms with Crippen molar-refractivity contribution in [3.63, 3.8) is 0 Å². The number of hydrogen-bond acceptors (Lipinski definition) is 6. The van der Waals surface area contributed by atoms with Crippen LogP contribution in [0.25, 0.3) is 0 Å². The zero-order valence-electron chi connectivity index (χ0n) is 18.7. The topological polar surface area (TPSA) is 93.7 Å². The van der Waals surface area contributed by atoms with E-state index < -0.39 is 10.0 Å². The summed E-state index contributed by atoms with van der Waals surface area (Å²) >= 11 is 1.48. The third-order valence-corrected chi connectivity index (χ3v) is 7.17. The van der Waals surface area contributed by atoms with Crippen LogP contribution in [-0.4, -0.2) is 28.0 Å². The van der Waals surface area contributed by atoms with Gasteiger partial charge in [0.2, 0.25) is 10.0 Å². The smallest absolute Gasteiger partial charge is 0.251 e. The highest BCUT2D eigenvalue weighted by atomic mass is 32.2. The van der Waals surface area contributed by atoms with Crippen LogP contribution in [0.15, 0.2) is 64.9 Å². The Bertz CT molecular complexity index is 1140. The van der Waals surface area contributed by atoms with E-state index in [4.69, 9.17) is 9.47 Å². The number of amides is 1.